The fourth-order valence-corrected chi connectivity index (χ4v) is 2.59. The van der Waals surface area contributed by atoms with Crippen molar-refractivity contribution < 1.29 is 24.0 Å². The molecule has 0 saturated carbocycles. The maximum absolute atomic E-state index is 12.3. The quantitative estimate of drug-likeness (QED) is 0.820. The van der Waals surface area contributed by atoms with E-state index >= 15 is 0 Å². The second kappa shape index (κ2) is 7.40. The van der Waals surface area contributed by atoms with Gasteiger partial charge in [0, 0.05) is 12.8 Å². The molecular formula is C17H15ClN2O5. The maximum atomic E-state index is 12.3. The molecule has 1 aliphatic heterocycles. The predicted octanol–water partition coefficient (Wildman–Crippen LogP) is 2.24. The van der Waals surface area contributed by atoms with Gasteiger partial charge in [0.15, 0.2) is 11.0 Å². The van der Waals surface area contributed by atoms with Crippen LogP contribution < -0.4 is 5.32 Å². The fraction of sp³-hybridized carbons (Fsp3) is 0.235. The Morgan fingerprint density at radius 3 is 2.68 bits per heavy atom. The summed E-state index contributed by atoms with van der Waals surface area (Å²) in [6.07, 6.45) is -0.555. The SMILES string of the molecule is O=C(O)C(Cc1ccccc1)NC(=O)C1CC(c2ccc(Cl)o2)=NO1. The number of furan rings is 1. The van der Waals surface area contributed by atoms with E-state index in [9.17, 15) is 14.7 Å². The number of hydrogen-bond acceptors (Lipinski definition) is 5. The number of benzene rings is 1. The summed E-state index contributed by atoms with van der Waals surface area (Å²) in [5.41, 5.74) is 1.26. The van der Waals surface area contributed by atoms with Crippen LogP contribution in [-0.2, 0) is 20.8 Å². The van der Waals surface area contributed by atoms with Crippen LogP contribution in [0, 0.1) is 0 Å². The van der Waals surface area contributed by atoms with E-state index in [0.717, 1.165) is 5.56 Å². The molecule has 8 heteroatoms. The lowest BCUT2D eigenvalue weighted by Gasteiger charge is -2.16. The zero-order chi connectivity index (χ0) is 17.8. The lowest BCUT2D eigenvalue weighted by atomic mass is 10.1. The van der Waals surface area contributed by atoms with Crippen LogP contribution >= 0.6 is 11.6 Å². The lowest BCUT2D eigenvalue weighted by molar-refractivity contribution is -0.143. The Balaban J connectivity index is 1.60. The molecule has 0 bridgehead atoms. The molecular weight excluding hydrogens is 348 g/mol. The molecule has 0 radical (unpaired) electrons. The van der Waals surface area contributed by atoms with Crippen LogP contribution in [0.3, 0.4) is 0 Å². The zero-order valence-electron chi connectivity index (χ0n) is 13.0. The first-order valence-corrected chi connectivity index (χ1v) is 7.96. The number of aliphatic carboxylic acids is 1. The van der Waals surface area contributed by atoms with Crippen molar-refractivity contribution in [1.29, 1.82) is 0 Å². The Bertz CT molecular complexity index is 802. The number of amides is 1. The first-order valence-electron chi connectivity index (χ1n) is 7.58. The normalized spacial score (nSPS) is 17.5. The lowest BCUT2D eigenvalue weighted by Crippen LogP contribution is -2.46. The molecule has 1 aliphatic rings. The molecule has 7 nitrogen and oxygen atoms in total. The molecule has 1 aromatic heterocycles. The summed E-state index contributed by atoms with van der Waals surface area (Å²) in [4.78, 5) is 28.8. The molecule has 2 aromatic rings. The Labute approximate surface area is 148 Å². The Hall–Kier alpha value is -2.80. The van der Waals surface area contributed by atoms with Crippen LogP contribution in [0.15, 0.2) is 52.0 Å². The zero-order valence-corrected chi connectivity index (χ0v) is 13.8. The minimum atomic E-state index is -1.12. The Morgan fingerprint density at radius 2 is 2.04 bits per heavy atom. The highest BCUT2D eigenvalue weighted by atomic mass is 35.5. The van der Waals surface area contributed by atoms with Gasteiger partial charge in [0.2, 0.25) is 6.10 Å². The summed E-state index contributed by atoms with van der Waals surface area (Å²) in [5.74, 6) is -1.24. The van der Waals surface area contributed by atoms with Gasteiger partial charge in [-0.05, 0) is 29.3 Å². The molecule has 2 atom stereocenters. The first kappa shape index (κ1) is 17.0. The van der Waals surface area contributed by atoms with Crippen LogP contribution in [0.25, 0.3) is 0 Å². The molecule has 25 heavy (non-hydrogen) atoms. The molecule has 0 spiro atoms. The largest absolute Gasteiger partial charge is 0.480 e. The Kier molecular flexibility index (Phi) is 5.04. The predicted molar refractivity (Wildman–Crippen MR) is 89.5 cm³/mol. The highest BCUT2D eigenvalue weighted by molar-refractivity contribution is 6.29. The van der Waals surface area contributed by atoms with Crippen molar-refractivity contribution in [1.82, 2.24) is 5.32 Å². The third-order valence-electron chi connectivity index (χ3n) is 3.72. The van der Waals surface area contributed by atoms with Gasteiger partial charge in [0.05, 0.1) is 0 Å². The maximum Gasteiger partial charge on any atom is 0.326 e. The van der Waals surface area contributed by atoms with Gasteiger partial charge in [-0.25, -0.2) is 4.79 Å². The number of nitrogens with one attached hydrogen (secondary N) is 1. The van der Waals surface area contributed by atoms with Gasteiger partial charge in [-0.1, -0.05) is 35.5 Å². The average molecular weight is 363 g/mol. The van der Waals surface area contributed by atoms with Gasteiger partial charge in [-0.2, -0.15) is 0 Å². The molecule has 0 saturated heterocycles. The van der Waals surface area contributed by atoms with Gasteiger partial charge >= 0.3 is 5.97 Å². The summed E-state index contributed by atoms with van der Waals surface area (Å²) in [6.45, 7) is 0. The minimum absolute atomic E-state index is 0.174. The van der Waals surface area contributed by atoms with Gasteiger partial charge < -0.3 is 19.7 Å². The van der Waals surface area contributed by atoms with E-state index < -0.39 is 24.0 Å². The van der Waals surface area contributed by atoms with E-state index in [0.29, 0.717) is 11.5 Å². The van der Waals surface area contributed by atoms with Crippen molar-refractivity contribution in [3.8, 4) is 0 Å². The van der Waals surface area contributed by atoms with Crippen LogP contribution in [0.4, 0.5) is 0 Å². The van der Waals surface area contributed by atoms with Crippen LogP contribution in [0.1, 0.15) is 17.7 Å². The van der Waals surface area contributed by atoms with Crippen molar-refractivity contribution >= 4 is 29.2 Å². The highest BCUT2D eigenvalue weighted by Gasteiger charge is 2.33. The van der Waals surface area contributed by atoms with E-state index in [1.54, 1.807) is 24.3 Å². The minimum Gasteiger partial charge on any atom is -0.480 e. The van der Waals surface area contributed by atoms with Crippen LogP contribution in [-0.4, -0.2) is 34.8 Å². The van der Waals surface area contributed by atoms with Crippen molar-refractivity contribution in [2.45, 2.75) is 25.0 Å². The summed E-state index contributed by atoms with van der Waals surface area (Å²) in [6, 6.07) is 11.2. The summed E-state index contributed by atoms with van der Waals surface area (Å²) in [7, 11) is 0. The average Bonchev–Trinajstić information content (AvgIpc) is 3.24. The highest BCUT2D eigenvalue weighted by Crippen LogP contribution is 2.21. The van der Waals surface area contributed by atoms with E-state index in [1.165, 1.54) is 0 Å². The summed E-state index contributed by atoms with van der Waals surface area (Å²) >= 11 is 5.71. The number of oxime groups is 1. The number of hydrogen-bond donors (Lipinski definition) is 2. The van der Waals surface area contributed by atoms with Crippen molar-refractivity contribution in [2.75, 3.05) is 0 Å². The molecule has 1 aromatic carbocycles. The monoisotopic (exact) mass is 362 g/mol. The van der Waals surface area contributed by atoms with Gasteiger partial charge in [-0.3, -0.25) is 4.79 Å². The third-order valence-corrected chi connectivity index (χ3v) is 3.92. The number of carbonyl (C=O) groups excluding carboxylic acids is 1. The second-order valence-corrected chi connectivity index (χ2v) is 5.90. The van der Waals surface area contributed by atoms with E-state index in [4.69, 9.17) is 20.9 Å². The van der Waals surface area contributed by atoms with E-state index in [1.807, 2.05) is 18.2 Å². The number of carbonyl (C=O) groups is 2. The van der Waals surface area contributed by atoms with E-state index in [-0.39, 0.29) is 18.1 Å². The molecule has 2 heterocycles. The number of rotatable bonds is 6. The molecule has 2 N–H and O–H groups in total. The van der Waals surface area contributed by atoms with E-state index in [2.05, 4.69) is 10.5 Å². The number of carboxylic acid groups (broad SMARTS) is 1. The summed E-state index contributed by atoms with van der Waals surface area (Å²) in [5, 5.41) is 15.9. The molecule has 2 unspecified atom stereocenters. The van der Waals surface area contributed by atoms with Crippen molar-refractivity contribution in [3.63, 3.8) is 0 Å². The molecule has 1 amide bonds. The fourth-order valence-electron chi connectivity index (χ4n) is 2.45. The number of nitrogens with zero attached hydrogens (tertiary/aromatic N) is 1. The van der Waals surface area contributed by atoms with Crippen LogP contribution in [0.5, 0.6) is 0 Å². The van der Waals surface area contributed by atoms with Gasteiger partial charge in [-0.15, -0.1) is 0 Å². The van der Waals surface area contributed by atoms with Crippen molar-refractivity contribution in [3.05, 3.63) is 59.0 Å². The van der Waals surface area contributed by atoms with Gasteiger partial charge in [0.1, 0.15) is 11.8 Å². The molecule has 0 fully saturated rings. The second-order valence-electron chi connectivity index (χ2n) is 5.53. The topological polar surface area (TPSA) is 101 Å². The molecule has 3 rings (SSSR count). The van der Waals surface area contributed by atoms with Gasteiger partial charge in [0.25, 0.3) is 5.91 Å². The Morgan fingerprint density at radius 1 is 1.28 bits per heavy atom. The van der Waals surface area contributed by atoms with Crippen LogP contribution in [0.2, 0.25) is 5.22 Å². The standard InChI is InChI=1S/C17H15ClN2O5/c18-15-7-6-13(24-15)11-9-14(25-20-11)16(21)19-12(17(22)23)8-10-4-2-1-3-5-10/h1-7,12,14H,8-9H2,(H,19,21)(H,22,23). The first-order chi connectivity index (χ1) is 12.0. The molecule has 130 valence electrons. The number of halogens is 1. The molecule has 0 aliphatic carbocycles. The number of carboxylic acids is 1. The third kappa shape index (κ3) is 4.19. The smallest absolute Gasteiger partial charge is 0.326 e. The van der Waals surface area contributed by atoms with Crippen molar-refractivity contribution in [2.24, 2.45) is 5.16 Å². The summed E-state index contributed by atoms with van der Waals surface area (Å²) < 4.78 is 5.22.